The van der Waals surface area contributed by atoms with Gasteiger partial charge in [0.25, 0.3) is 0 Å². The van der Waals surface area contributed by atoms with E-state index in [1.807, 2.05) is 0 Å². The summed E-state index contributed by atoms with van der Waals surface area (Å²) >= 11 is 0. The van der Waals surface area contributed by atoms with Crippen LogP contribution in [-0.2, 0) is 5.41 Å². The molecule has 108 valence electrons. The summed E-state index contributed by atoms with van der Waals surface area (Å²) in [6.45, 7) is 4.77. The monoisotopic (exact) mass is 390 g/mol. The number of nitrogens with one attached hydrogen (secondary N) is 1. The number of benzene rings is 1. The van der Waals surface area contributed by atoms with Crippen LogP contribution in [-0.4, -0.2) is 31.1 Å². The van der Waals surface area contributed by atoms with Crippen molar-refractivity contribution in [3.8, 4) is 0 Å². The third-order valence-electron chi connectivity index (χ3n) is 4.75. The molecule has 0 bridgehead atoms. The number of hydrogen-bond donors (Lipinski definition) is 1. The Kier molecular flexibility index (Phi) is 5.90. The molecule has 2 aliphatic rings. The lowest BCUT2D eigenvalue weighted by Gasteiger charge is -2.42. The molecule has 2 nitrogen and oxygen atoms in total. The number of nitrogens with zero attached hydrogens (tertiary/aromatic N) is 1. The van der Waals surface area contributed by atoms with Crippen molar-refractivity contribution in [2.24, 2.45) is 0 Å². The molecule has 0 amide bonds. The van der Waals surface area contributed by atoms with E-state index in [-0.39, 0.29) is 34.0 Å². The Morgan fingerprint density at radius 2 is 1.84 bits per heavy atom. The third kappa shape index (κ3) is 2.72. The Balaban J connectivity index is 0.000000902. The first kappa shape index (κ1) is 17.0. The number of piperidine rings is 1. The molecule has 1 aromatic carbocycles. The molecule has 0 saturated carbocycles. The second-order valence-corrected chi connectivity index (χ2v) is 5.61. The van der Waals surface area contributed by atoms with Gasteiger partial charge in [-0.15, -0.1) is 34.0 Å². The predicted molar refractivity (Wildman–Crippen MR) is 93.2 cm³/mol. The lowest BCUT2D eigenvalue weighted by Crippen LogP contribution is -2.47. The fraction of sp³-hybridized carbons (Fsp3) is 0.600. The van der Waals surface area contributed by atoms with Gasteiger partial charge in [0.05, 0.1) is 0 Å². The highest BCUT2D eigenvalue weighted by atomic mass is 79.9. The average Bonchev–Trinajstić information content (AvgIpc) is 2.68. The van der Waals surface area contributed by atoms with E-state index in [0.717, 1.165) is 0 Å². The van der Waals surface area contributed by atoms with Gasteiger partial charge in [-0.05, 0) is 51.0 Å². The number of fused-ring (bicyclic) bond motifs is 2. The molecule has 0 aliphatic carbocycles. The summed E-state index contributed by atoms with van der Waals surface area (Å²) in [4.78, 5) is 2.46. The van der Waals surface area contributed by atoms with Crippen LogP contribution in [0, 0.1) is 0 Å². The van der Waals surface area contributed by atoms with Crippen LogP contribution in [0.25, 0.3) is 0 Å². The molecular formula is C15H24Br2N2. The Labute approximate surface area is 137 Å². The maximum atomic E-state index is 3.74. The highest BCUT2D eigenvalue weighted by Crippen LogP contribution is 2.48. The predicted octanol–water partition coefficient (Wildman–Crippen LogP) is 4.01. The lowest BCUT2D eigenvalue weighted by molar-refractivity contribution is 0.174. The van der Waals surface area contributed by atoms with Gasteiger partial charge in [0.1, 0.15) is 0 Å². The molecule has 1 spiro atoms. The first-order valence-electron chi connectivity index (χ1n) is 6.81. The highest BCUT2D eigenvalue weighted by molar-refractivity contribution is 8.93. The summed E-state index contributed by atoms with van der Waals surface area (Å²) < 4.78 is 0. The summed E-state index contributed by atoms with van der Waals surface area (Å²) in [5, 5.41) is 3.74. The minimum atomic E-state index is 0. The summed E-state index contributed by atoms with van der Waals surface area (Å²) in [6, 6.07) is 9.55. The maximum absolute atomic E-state index is 3.74. The number of likely N-dealkylation sites (tertiary alicyclic amines) is 1. The van der Waals surface area contributed by atoms with Gasteiger partial charge < -0.3 is 10.2 Å². The minimum absolute atomic E-state index is 0. The standard InChI is InChI=1S/C15H22N2.2BrH/c1-3-14-15(8-10-17(2)11-9-15)12-6-4-5-7-13(12)16-14;;/h4-7,14,16H,3,8-11H2,1-2H3;2*1H. The molecule has 1 unspecified atom stereocenters. The van der Waals surface area contributed by atoms with Crippen LogP contribution < -0.4 is 5.32 Å². The summed E-state index contributed by atoms with van der Waals surface area (Å²) in [5.74, 6) is 0. The molecule has 0 aromatic heterocycles. The molecule has 0 radical (unpaired) electrons. The summed E-state index contributed by atoms with van der Waals surface area (Å²) in [6.07, 6.45) is 3.82. The normalized spacial score (nSPS) is 24.0. The van der Waals surface area contributed by atoms with Crippen LogP contribution in [0.3, 0.4) is 0 Å². The number of para-hydroxylation sites is 1. The average molecular weight is 392 g/mol. The fourth-order valence-corrected chi connectivity index (χ4v) is 3.68. The Hall–Kier alpha value is -0.0600. The van der Waals surface area contributed by atoms with Crippen molar-refractivity contribution in [3.05, 3.63) is 29.8 Å². The topological polar surface area (TPSA) is 15.3 Å². The van der Waals surface area contributed by atoms with Crippen LogP contribution in [0.1, 0.15) is 31.7 Å². The van der Waals surface area contributed by atoms with Crippen molar-refractivity contribution in [1.29, 1.82) is 0 Å². The van der Waals surface area contributed by atoms with Crippen LogP contribution in [0.5, 0.6) is 0 Å². The van der Waals surface area contributed by atoms with Gasteiger partial charge in [-0.25, -0.2) is 0 Å². The van der Waals surface area contributed by atoms with E-state index in [9.17, 15) is 0 Å². The number of hydrogen-bond acceptors (Lipinski definition) is 2. The molecule has 19 heavy (non-hydrogen) atoms. The third-order valence-corrected chi connectivity index (χ3v) is 4.75. The van der Waals surface area contributed by atoms with Gasteiger partial charge in [-0.1, -0.05) is 25.1 Å². The van der Waals surface area contributed by atoms with Gasteiger partial charge in [0.2, 0.25) is 0 Å². The van der Waals surface area contributed by atoms with E-state index in [4.69, 9.17) is 0 Å². The molecule has 2 heterocycles. The molecular weight excluding hydrogens is 368 g/mol. The van der Waals surface area contributed by atoms with Crippen molar-refractivity contribution in [2.75, 3.05) is 25.5 Å². The van der Waals surface area contributed by atoms with Gasteiger partial charge in [0, 0.05) is 17.1 Å². The zero-order chi connectivity index (χ0) is 11.9. The molecule has 3 rings (SSSR count). The SMILES string of the molecule is Br.Br.CCC1Nc2ccccc2C12CCN(C)CC2. The van der Waals surface area contributed by atoms with Gasteiger partial charge in [0.15, 0.2) is 0 Å². The van der Waals surface area contributed by atoms with Crippen molar-refractivity contribution in [2.45, 2.75) is 37.6 Å². The Morgan fingerprint density at radius 3 is 2.47 bits per heavy atom. The minimum Gasteiger partial charge on any atom is -0.381 e. The van der Waals surface area contributed by atoms with Gasteiger partial charge >= 0.3 is 0 Å². The van der Waals surface area contributed by atoms with Gasteiger partial charge in [-0.3, -0.25) is 0 Å². The summed E-state index contributed by atoms with van der Waals surface area (Å²) in [7, 11) is 2.24. The first-order chi connectivity index (χ1) is 8.26. The molecule has 1 fully saturated rings. The van der Waals surface area contributed by atoms with Crippen molar-refractivity contribution in [3.63, 3.8) is 0 Å². The molecule has 1 atom stereocenters. The van der Waals surface area contributed by atoms with Crippen molar-refractivity contribution < 1.29 is 0 Å². The van der Waals surface area contributed by atoms with E-state index in [0.29, 0.717) is 11.5 Å². The zero-order valence-electron chi connectivity index (χ0n) is 11.7. The van der Waals surface area contributed by atoms with E-state index in [1.165, 1.54) is 38.0 Å². The van der Waals surface area contributed by atoms with E-state index < -0.39 is 0 Å². The fourth-order valence-electron chi connectivity index (χ4n) is 3.68. The van der Waals surface area contributed by atoms with Crippen LogP contribution >= 0.6 is 34.0 Å². The first-order valence-corrected chi connectivity index (χ1v) is 6.81. The molecule has 1 N–H and O–H groups in total. The van der Waals surface area contributed by atoms with Crippen LogP contribution in [0.2, 0.25) is 0 Å². The smallest absolute Gasteiger partial charge is 0.0381 e. The maximum Gasteiger partial charge on any atom is 0.0381 e. The van der Waals surface area contributed by atoms with E-state index in [1.54, 1.807) is 5.56 Å². The number of anilines is 1. The number of rotatable bonds is 1. The molecule has 1 saturated heterocycles. The van der Waals surface area contributed by atoms with Crippen LogP contribution in [0.4, 0.5) is 5.69 Å². The van der Waals surface area contributed by atoms with Crippen LogP contribution in [0.15, 0.2) is 24.3 Å². The quantitative estimate of drug-likeness (QED) is 0.777. The van der Waals surface area contributed by atoms with Gasteiger partial charge in [-0.2, -0.15) is 0 Å². The largest absolute Gasteiger partial charge is 0.381 e. The lowest BCUT2D eigenvalue weighted by atomic mass is 9.69. The Bertz CT molecular complexity index is 414. The van der Waals surface area contributed by atoms with Crippen molar-refractivity contribution in [1.82, 2.24) is 4.90 Å². The second-order valence-electron chi connectivity index (χ2n) is 5.61. The molecule has 1 aromatic rings. The Morgan fingerprint density at radius 1 is 1.21 bits per heavy atom. The highest BCUT2D eigenvalue weighted by Gasteiger charge is 2.46. The van der Waals surface area contributed by atoms with E-state index >= 15 is 0 Å². The number of halogens is 2. The molecule has 2 aliphatic heterocycles. The zero-order valence-corrected chi connectivity index (χ0v) is 15.1. The summed E-state index contributed by atoms with van der Waals surface area (Å²) in [5.41, 5.74) is 3.35. The molecule has 4 heteroatoms. The van der Waals surface area contributed by atoms with Crippen molar-refractivity contribution >= 4 is 39.7 Å². The second kappa shape index (κ2) is 6.59. The van der Waals surface area contributed by atoms with E-state index in [2.05, 4.69) is 48.5 Å².